The summed E-state index contributed by atoms with van der Waals surface area (Å²) in [7, 11) is 1.72. The Morgan fingerprint density at radius 1 is 1.46 bits per heavy atom. The van der Waals surface area contributed by atoms with E-state index in [0.29, 0.717) is 9.84 Å². The molecular formula is C10H20INO. The zero-order valence-electron chi connectivity index (χ0n) is 8.93. The Morgan fingerprint density at radius 2 is 2.00 bits per heavy atom. The summed E-state index contributed by atoms with van der Waals surface area (Å²) in [5.41, 5.74) is 0. The molecule has 0 bridgehead atoms. The van der Waals surface area contributed by atoms with E-state index in [4.69, 9.17) is 0 Å². The zero-order valence-corrected chi connectivity index (χ0v) is 11.1. The van der Waals surface area contributed by atoms with Gasteiger partial charge in [-0.15, -0.1) is 0 Å². The highest BCUT2D eigenvalue weighted by atomic mass is 127. The summed E-state index contributed by atoms with van der Waals surface area (Å²) in [4.78, 5) is 11.6. The third kappa shape index (κ3) is 4.29. The van der Waals surface area contributed by atoms with E-state index in [1.54, 1.807) is 7.05 Å². The van der Waals surface area contributed by atoms with Gasteiger partial charge in [-0.2, -0.15) is 0 Å². The molecule has 0 fully saturated rings. The fourth-order valence-corrected chi connectivity index (χ4v) is 3.29. The van der Waals surface area contributed by atoms with Crippen LogP contribution in [0, 0.1) is 11.8 Å². The second-order valence-corrected chi connectivity index (χ2v) is 5.29. The Balaban J connectivity index is 4.32. The molecule has 0 rings (SSSR count). The van der Waals surface area contributed by atoms with Crippen LogP contribution in [0.25, 0.3) is 0 Å². The van der Waals surface area contributed by atoms with Crippen molar-refractivity contribution in [1.29, 1.82) is 0 Å². The lowest BCUT2D eigenvalue weighted by molar-refractivity contribution is -0.125. The van der Waals surface area contributed by atoms with Gasteiger partial charge in [0.15, 0.2) is 0 Å². The molecule has 1 unspecified atom stereocenters. The normalized spacial score (nSPS) is 15.5. The van der Waals surface area contributed by atoms with Gasteiger partial charge in [-0.05, 0) is 12.3 Å². The molecule has 0 spiro atoms. The molecule has 0 saturated heterocycles. The van der Waals surface area contributed by atoms with Crippen LogP contribution in [0.1, 0.15) is 33.6 Å². The van der Waals surface area contributed by atoms with E-state index in [2.05, 4.69) is 48.7 Å². The maximum atomic E-state index is 11.6. The van der Waals surface area contributed by atoms with Crippen LogP contribution in [0.3, 0.4) is 0 Å². The molecule has 78 valence electrons. The van der Waals surface area contributed by atoms with Crippen molar-refractivity contribution in [1.82, 2.24) is 5.32 Å². The molecular weight excluding hydrogens is 277 g/mol. The van der Waals surface area contributed by atoms with Crippen LogP contribution in [0.5, 0.6) is 0 Å². The van der Waals surface area contributed by atoms with Gasteiger partial charge in [-0.3, -0.25) is 4.79 Å². The van der Waals surface area contributed by atoms with Crippen LogP contribution in [-0.4, -0.2) is 16.9 Å². The molecule has 0 aromatic heterocycles. The fourth-order valence-electron chi connectivity index (χ4n) is 1.51. The first kappa shape index (κ1) is 13.2. The molecule has 3 heteroatoms. The van der Waals surface area contributed by atoms with Crippen molar-refractivity contribution in [2.24, 2.45) is 11.8 Å². The van der Waals surface area contributed by atoms with Gasteiger partial charge in [0, 0.05) is 11.0 Å². The third-order valence-electron chi connectivity index (χ3n) is 2.22. The Hall–Kier alpha value is 0.200. The first-order valence-electron chi connectivity index (χ1n) is 4.90. The van der Waals surface area contributed by atoms with Gasteiger partial charge in [0.25, 0.3) is 0 Å². The Morgan fingerprint density at radius 3 is 2.31 bits per heavy atom. The van der Waals surface area contributed by atoms with Gasteiger partial charge < -0.3 is 5.32 Å². The number of hydrogen-bond acceptors (Lipinski definition) is 1. The average Bonchev–Trinajstić information content (AvgIpc) is 2.04. The van der Waals surface area contributed by atoms with Crippen molar-refractivity contribution in [3.63, 3.8) is 0 Å². The maximum Gasteiger partial charge on any atom is 0.224 e. The van der Waals surface area contributed by atoms with E-state index in [9.17, 15) is 4.79 Å². The van der Waals surface area contributed by atoms with Crippen LogP contribution >= 0.6 is 22.6 Å². The lowest BCUT2D eigenvalue weighted by Gasteiger charge is -2.24. The van der Waals surface area contributed by atoms with E-state index in [-0.39, 0.29) is 11.8 Å². The van der Waals surface area contributed by atoms with Crippen molar-refractivity contribution in [3.05, 3.63) is 0 Å². The van der Waals surface area contributed by atoms with Gasteiger partial charge >= 0.3 is 0 Å². The monoisotopic (exact) mass is 297 g/mol. The zero-order chi connectivity index (χ0) is 10.4. The topological polar surface area (TPSA) is 29.1 Å². The number of carbonyl (C=O) groups is 1. The van der Waals surface area contributed by atoms with Crippen LogP contribution in [0.4, 0.5) is 0 Å². The first-order valence-corrected chi connectivity index (χ1v) is 6.14. The minimum absolute atomic E-state index is 0.158. The fraction of sp³-hybridized carbons (Fsp3) is 0.900. The quantitative estimate of drug-likeness (QED) is 0.613. The van der Waals surface area contributed by atoms with Gasteiger partial charge in [-0.25, -0.2) is 0 Å². The molecule has 13 heavy (non-hydrogen) atoms. The minimum Gasteiger partial charge on any atom is -0.359 e. The molecule has 0 aromatic rings. The highest BCUT2D eigenvalue weighted by Gasteiger charge is 2.27. The Bertz CT molecular complexity index is 159. The predicted octanol–water partition coefficient (Wildman–Crippen LogP) is 2.61. The summed E-state index contributed by atoms with van der Waals surface area (Å²) in [5, 5.41) is 2.74. The summed E-state index contributed by atoms with van der Waals surface area (Å²) >= 11 is 2.40. The summed E-state index contributed by atoms with van der Waals surface area (Å²) in [6, 6.07) is 0. The van der Waals surface area contributed by atoms with Crippen molar-refractivity contribution >= 4 is 28.5 Å². The highest BCUT2D eigenvalue weighted by molar-refractivity contribution is 14.1. The van der Waals surface area contributed by atoms with Crippen LogP contribution in [0.2, 0.25) is 0 Å². The van der Waals surface area contributed by atoms with Crippen LogP contribution in [-0.2, 0) is 4.79 Å². The van der Waals surface area contributed by atoms with Crippen LogP contribution < -0.4 is 5.32 Å². The maximum absolute atomic E-state index is 11.6. The number of halogens is 1. The van der Waals surface area contributed by atoms with Gasteiger partial charge in [0.2, 0.25) is 5.91 Å². The standard InChI is InChI=1S/C10H20INO/c1-5-6-8(11)9(7(2)3)10(13)12-4/h7-9H,5-6H2,1-4H3,(H,12,13)/t8?,9-/m0/s1. The second kappa shape index (κ2) is 6.62. The molecule has 1 N–H and O–H groups in total. The molecule has 2 atom stereocenters. The number of hydrogen-bond donors (Lipinski definition) is 1. The van der Waals surface area contributed by atoms with Gasteiger partial charge in [-0.1, -0.05) is 49.8 Å². The molecule has 0 saturated carbocycles. The Kier molecular flexibility index (Phi) is 6.73. The third-order valence-corrected chi connectivity index (χ3v) is 3.62. The molecule has 0 aromatic carbocycles. The molecule has 1 amide bonds. The Labute approximate surface area is 95.0 Å². The molecule has 0 aliphatic rings. The summed E-state index contributed by atoms with van der Waals surface area (Å²) in [6.07, 6.45) is 2.27. The highest BCUT2D eigenvalue weighted by Crippen LogP contribution is 2.25. The SMILES string of the molecule is CCCC(I)[C@@H](C(=O)NC)C(C)C. The smallest absolute Gasteiger partial charge is 0.224 e. The van der Waals surface area contributed by atoms with Crippen LogP contribution in [0.15, 0.2) is 0 Å². The summed E-state index contributed by atoms with van der Waals surface area (Å²) in [6.45, 7) is 6.38. The van der Waals surface area contributed by atoms with E-state index < -0.39 is 0 Å². The van der Waals surface area contributed by atoms with E-state index in [1.807, 2.05) is 0 Å². The number of carbonyl (C=O) groups excluding carboxylic acids is 1. The van der Waals surface area contributed by atoms with E-state index in [1.165, 1.54) is 0 Å². The van der Waals surface area contributed by atoms with Gasteiger partial charge in [0.05, 0.1) is 5.92 Å². The number of rotatable bonds is 5. The van der Waals surface area contributed by atoms with E-state index in [0.717, 1.165) is 12.8 Å². The van der Waals surface area contributed by atoms with Gasteiger partial charge in [0.1, 0.15) is 0 Å². The number of alkyl halides is 1. The lowest BCUT2D eigenvalue weighted by Crippen LogP contribution is -2.36. The molecule has 0 heterocycles. The molecule has 0 aliphatic carbocycles. The minimum atomic E-state index is 0.158. The molecule has 0 radical (unpaired) electrons. The van der Waals surface area contributed by atoms with E-state index >= 15 is 0 Å². The predicted molar refractivity (Wildman–Crippen MR) is 65.1 cm³/mol. The molecule has 2 nitrogen and oxygen atoms in total. The largest absolute Gasteiger partial charge is 0.359 e. The summed E-state index contributed by atoms with van der Waals surface area (Å²) in [5.74, 6) is 0.766. The summed E-state index contributed by atoms with van der Waals surface area (Å²) < 4.78 is 0.461. The molecule has 0 aliphatic heterocycles. The van der Waals surface area contributed by atoms with Crippen molar-refractivity contribution < 1.29 is 4.79 Å². The second-order valence-electron chi connectivity index (χ2n) is 3.69. The number of amides is 1. The van der Waals surface area contributed by atoms with Crippen molar-refractivity contribution in [3.8, 4) is 0 Å². The number of nitrogens with one attached hydrogen (secondary N) is 1. The van der Waals surface area contributed by atoms with Crippen molar-refractivity contribution in [2.45, 2.75) is 37.5 Å². The lowest BCUT2D eigenvalue weighted by atomic mass is 9.90. The average molecular weight is 297 g/mol. The van der Waals surface area contributed by atoms with Crippen molar-refractivity contribution in [2.75, 3.05) is 7.05 Å². The first-order chi connectivity index (χ1) is 6.04.